The van der Waals surface area contributed by atoms with Gasteiger partial charge >= 0.3 is 12.4 Å². The van der Waals surface area contributed by atoms with Crippen molar-refractivity contribution in [3.63, 3.8) is 0 Å². The molecule has 234 valence electrons. The summed E-state index contributed by atoms with van der Waals surface area (Å²) in [5, 5.41) is 13.0. The van der Waals surface area contributed by atoms with E-state index in [0.29, 0.717) is 17.2 Å². The van der Waals surface area contributed by atoms with E-state index >= 15 is 0 Å². The first-order chi connectivity index (χ1) is 20.7. The number of urea groups is 1. The fourth-order valence-corrected chi connectivity index (χ4v) is 5.34. The molecule has 0 saturated heterocycles. The maximum atomic E-state index is 13.6. The van der Waals surface area contributed by atoms with Gasteiger partial charge in [0.2, 0.25) is 0 Å². The highest BCUT2D eigenvalue weighted by Crippen LogP contribution is 2.39. The van der Waals surface area contributed by atoms with Crippen LogP contribution in [0.15, 0.2) is 54.9 Å². The van der Waals surface area contributed by atoms with Gasteiger partial charge in [-0.3, -0.25) is 4.79 Å². The summed E-state index contributed by atoms with van der Waals surface area (Å²) in [6, 6.07) is 11.3. The highest BCUT2D eigenvalue weighted by atomic mass is 19.4. The van der Waals surface area contributed by atoms with Crippen LogP contribution >= 0.6 is 0 Å². The number of aromatic nitrogens is 2. The SMILES string of the molecule is CC(C)(C)C1CCC(N(Cc2ccc(C(=O)Nc3ncnc(N)c3C=N)cc2)C(=O)Nc2ccc(OC(F)(F)F)cc2)CC1. The number of halogens is 3. The summed E-state index contributed by atoms with van der Waals surface area (Å²) >= 11 is 0. The summed E-state index contributed by atoms with van der Waals surface area (Å²) in [7, 11) is 0. The van der Waals surface area contributed by atoms with Gasteiger partial charge in [-0.15, -0.1) is 13.2 Å². The molecule has 0 atom stereocenters. The van der Waals surface area contributed by atoms with Crippen LogP contribution in [0.1, 0.15) is 67.9 Å². The molecule has 2 aromatic carbocycles. The highest BCUT2D eigenvalue weighted by Gasteiger charge is 2.34. The number of alkyl halides is 3. The van der Waals surface area contributed by atoms with Crippen molar-refractivity contribution in [3.05, 3.63) is 71.5 Å². The molecule has 0 bridgehead atoms. The fourth-order valence-electron chi connectivity index (χ4n) is 5.34. The molecule has 1 aromatic heterocycles. The minimum Gasteiger partial charge on any atom is -0.406 e. The average molecular weight is 612 g/mol. The zero-order valence-corrected chi connectivity index (χ0v) is 24.7. The van der Waals surface area contributed by atoms with Gasteiger partial charge in [-0.2, -0.15) is 0 Å². The Morgan fingerprint density at radius 3 is 2.20 bits per heavy atom. The number of ether oxygens (including phenoxy) is 1. The Balaban J connectivity index is 1.49. The van der Waals surface area contributed by atoms with Crippen molar-refractivity contribution in [1.82, 2.24) is 14.9 Å². The molecule has 3 aromatic rings. The highest BCUT2D eigenvalue weighted by molar-refractivity contribution is 6.06. The Kier molecular flexibility index (Phi) is 9.75. The molecule has 1 aliphatic carbocycles. The zero-order valence-electron chi connectivity index (χ0n) is 24.7. The van der Waals surface area contributed by atoms with Crippen LogP contribution in [0.2, 0.25) is 0 Å². The summed E-state index contributed by atoms with van der Waals surface area (Å²) in [5.74, 6) is -0.115. The molecular formula is C31H36F3N7O3. The van der Waals surface area contributed by atoms with E-state index in [-0.39, 0.29) is 47.0 Å². The van der Waals surface area contributed by atoms with Crippen LogP contribution in [0.3, 0.4) is 0 Å². The van der Waals surface area contributed by atoms with Gasteiger partial charge < -0.3 is 31.4 Å². The Labute approximate surface area is 253 Å². The van der Waals surface area contributed by atoms with Crippen molar-refractivity contribution in [2.45, 2.75) is 65.4 Å². The number of carbonyl (C=O) groups is 2. The average Bonchev–Trinajstić information content (AvgIpc) is 2.96. The number of hydrogen-bond acceptors (Lipinski definition) is 7. The third-order valence-corrected chi connectivity index (χ3v) is 7.82. The predicted molar refractivity (Wildman–Crippen MR) is 162 cm³/mol. The lowest BCUT2D eigenvalue weighted by Gasteiger charge is -2.41. The minimum absolute atomic E-state index is 0.0489. The molecule has 13 heteroatoms. The van der Waals surface area contributed by atoms with Gasteiger partial charge in [0.1, 0.15) is 23.7 Å². The second kappa shape index (κ2) is 13.3. The van der Waals surface area contributed by atoms with Gasteiger partial charge in [0, 0.05) is 30.1 Å². The van der Waals surface area contributed by atoms with E-state index in [1.165, 1.54) is 18.5 Å². The van der Waals surface area contributed by atoms with Crippen molar-refractivity contribution in [2.75, 3.05) is 16.4 Å². The maximum Gasteiger partial charge on any atom is 0.573 e. The van der Waals surface area contributed by atoms with Gasteiger partial charge in [0.15, 0.2) is 0 Å². The lowest BCUT2D eigenvalue weighted by molar-refractivity contribution is -0.274. The molecule has 10 nitrogen and oxygen atoms in total. The van der Waals surface area contributed by atoms with Gasteiger partial charge in [0.05, 0.1) is 5.56 Å². The van der Waals surface area contributed by atoms with Crippen molar-refractivity contribution >= 4 is 35.5 Å². The molecule has 1 heterocycles. The third-order valence-electron chi connectivity index (χ3n) is 7.82. The van der Waals surface area contributed by atoms with Gasteiger partial charge in [-0.1, -0.05) is 32.9 Å². The molecule has 1 fully saturated rings. The van der Waals surface area contributed by atoms with Crippen LogP contribution in [0.25, 0.3) is 0 Å². The normalized spacial score (nSPS) is 17.0. The number of benzene rings is 2. The molecule has 0 spiro atoms. The quantitative estimate of drug-likeness (QED) is 0.205. The van der Waals surface area contributed by atoms with Crippen molar-refractivity contribution < 1.29 is 27.5 Å². The summed E-state index contributed by atoms with van der Waals surface area (Å²) < 4.78 is 41.6. The van der Waals surface area contributed by atoms with Crippen molar-refractivity contribution in [3.8, 4) is 5.75 Å². The van der Waals surface area contributed by atoms with Gasteiger partial charge in [-0.05, 0) is 79.0 Å². The standard InChI is InChI=1S/C31H36F3N7O3/c1-30(2,3)21-8-12-23(13-9-21)41(29(43)39-22-10-14-24(15-11-22)44-31(32,33)34)17-19-4-6-20(7-5-19)28(42)40-27-25(16-35)26(36)37-18-38-27/h4-7,10-11,14-16,18,21,23,35H,8-9,12-13,17H2,1-3H3,(H,39,43)(H3,36,37,38,40,42). The van der Waals surface area contributed by atoms with E-state index in [1.54, 1.807) is 29.2 Å². The molecule has 0 unspecified atom stereocenters. The second-order valence-electron chi connectivity index (χ2n) is 11.8. The van der Waals surface area contributed by atoms with Crippen molar-refractivity contribution in [1.29, 1.82) is 5.41 Å². The Bertz CT molecular complexity index is 1460. The molecule has 3 amide bonds. The Morgan fingerprint density at radius 1 is 1.00 bits per heavy atom. The minimum atomic E-state index is -4.81. The molecular weight excluding hydrogens is 575 g/mol. The van der Waals surface area contributed by atoms with Crippen LogP contribution in [0, 0.1) is 16.7 Å². The Morgan fingerprint density at radius 2 is 1.64 bits per heavy atom. The number of nitrogens with zero attached hydrogens (tertiary/aromatic N) is 3. The number of amides is 3. The summed E-state index contributed by atoms with van der Waals surface area (Å²) in [5.41, 5.74) is 7.58. The van der Waals surface area contributed by atoms with Gasteiger partial charge in [-0.25, -0.2) is 14.8 Å². The smallest absolute Gasteiger partial charge is 0.406 e. The number of nitrogens with two attached hydrogens (primary N) is 1. The predicted octanol–water partition coefficient (Wildman–Crippen LogP) is 6.85. The van der Waals surface area contributed by atoms with Crippen LogP contribution in [-0.2, 0) is 6.54 Å². The first-order valence-corrected chi connectivity index (χ1v) is 14.2. The third kappa shape index (κ3) is 8.45. The van der Waals surface area contributed by atoms with E-state index in [4.69, 9.17) is 11.1 Å². The van der Waals surface area contributed by atoms with Crippen LogP contribution in [-0.4, -0.2) is 45.4 Å². The molecule has 4 rings (SSSR count). The van der Waals surface area contributed by atoms with E-state index in [9.17, 15) is 22.8 Å². The largest absolute Gasteiger partial charge is 0.573 e. The number of nitrogen functional groups attached to an aromatic ring is 1. The maximum absolute atomic E-state index is 13.6. The lowest BCUT2D eigenvalue weighted by atomic mass is 9.71. The van der Waals surface area contributed by atoms with E-state index < -0.39 is 12.3 Å². The summed E-state index contributed by atoms with van der Waals surface area (Å²) in [6.07, 6.45) is 0.902. The molecule has 1 aliphatic rings. The monoisotopic (exact) mass is 611 g/mol. The number of nitrogens with one attached hydrogen (secondary N) is 3. The van der Waals surface area contributed by atoms with Crippen LogP contribution < -0.4 is 21.1 Å². The second-order valence-corrected chi connectivity index (χ2v) is 11.8. The Hall–Kier alpha value is -4.68. The molecule has 0 radical (unpaired) electrons. The number of hydrogen-bond donors (Lipinski definition) is 4. The number of carbonyl (C=O) groups excluding carboxylic acids is 2. The zero-order chi connectivity index (χ0) is 32.1. The fraction of sp³-hybridized carbons (Fsp3) is 0.387. The topological polar surface area (TPSA) is 146 Å². The van der Waals surface area contributed by atoms with Crippen molar-refractivity contribution in [2.24, 2.45) is 11.3 Å². The lowest BCUT2D eigenvalue weighted by Crippen LogP contribution is -2.45. The summed E-state index contributed by atoms with van der Waals surface area (Å²) in [6.45, 7) is 6.92. The van der Waals surface area contributed by atoms with Crippen LogP contribution in [0.4, 0.5) is 35.3 Å². The van der Waals surface area contributed by atoms with E-state index in [2.05, 4.69) is 46.1 Å². The van der Waals surface area contributed by atoms with Crippen LogP contribution in [0.5, 0.6) is 5.75 Å². The van der Waals surface area contributed by atoms with E-state index in [1.807, 2.05) is 0 Å². The first-order valence-electron chi connectivity index (χ1n) is 14.2. The molecule has 5 N–H and O–H groups in total. The number of rotatable bonds is 8. The first kappa shape index (κ1) is 32.2. The molecule has 1 saturated carbocycles. The van der Waals surface area contributed by atoms with E-state index in [0.717, 1.165) is 49.6 Å². The molecule has 44 heavy (non-hydrogen) atoms. The summed E-state index contributed by atoms with van der Waals surface area (Å²) in [4.78, 5) is 36.0. The van der Waals surface area contributed by atoms with Gasteiger partial charge in [0.25, 0.3) is 5.91 Å². The molecule has 0 aliphatic heterocycles. The number of anilines is 3.